The second-order valence-electron chi connectivity index (χ2n) is 9.23. The normalized spacial score (nSPS) is 25.2. The third-order valence-corrected chi connectivity index (χ3v) is 6.47. The maximum atomic E-state index is 12.4. The quantitative estimate of drug-likeness (QED) is 0.815. The molecule has 3 aliphatic rings. The summed E-state index contributed by atoms with van der Waals surface area (Å²) in [5.41, 5.74) is 1.21. The molecular formula is C22H35N5O. The summed E-state index contributed by atoms with van der Waals surface area (Å²) in [4.78, 5) is 26.6. The zero-order chi connectivity index (χ0) is 19.5. The number of piperidine rings is 2. The van der Waals surface area contributed by atoms with Crippen molar-refractivity contribution in [2.75, 3.05) is 26.2 Å². The monoisotopic (exact) mass is 385 g/mol. The Morgan fingerprint density at radius 1 is 1.11 bits per heavy atom. The first-order valence-electron chi connectivity index (χ1n) is 11.2. The van der Waals surface area contributed by atoms with E-state index in [4.69, 9.17) is 0 Å². The molecule has 1 aromatic heterocycles. The van der Waals surface area contributed by atoms with Gasteiger partial charge in [0.1, 0.15) is 5.82 Å². The van der Waals surface area contributed by atoms with Gasteiger partial charge in [-0.05, 0) is 58.2 Å². The third-order valence-electron chi connectivity index (χ3n) is 6.47. The molecule has 1 saturated carbocycles. The number of nitrogens with zero attached hydrogens (tertiary/aromatic N) is 4. The number of hydrogen-bond acceptors (Lipinski definition) is 5. The van der Waals surface area contributed by atoms with Gasteiger partial charge in [-0.15, -0.1) is 0 Å². The van der Waals surface area contributed by atoms with Crippen LogP contribution in [-0.2, 0) is 11.3 Å². The van der Waals surface area contributed by atoms with Crippen LogP contribution >= 0.6 is 0 Å². The molecule has 1 amide bonds. The van der Waals surface area contributed by atoms with Crippen LogP contribution in [0.5, 0.6) is 0 Å². The van der Waals surface area contributed by atoms with Gasteiger partial charge in [-0.3, -0.25) is 14.6 Å². The summed E-state index contributed by atoms with van der Waals surface area (Å²) in [6, 6.07) is 1.11. The van der Waals surface area contributed by atoms with Gasteiger partial charge in [0.15, 0.2) is 0 Å². The molecule has 3 fully saturated rings. The highest BCUT2D eigenvalue weighted by molar-refractivity contribution is 5.79. The lowest BCUT2D eigenvalue weighted by Gasteiger charge is -2.42. The lowest BCUT2D eigenvalue weighted by Crippen LogP contribution is -2.50. The van der Waals surface area contributed by atoms with E-state index in [1.165, 1.54) is 31.2 Å². The third kappa shape index (κ3) is 5.09. The van der Waals surface area contributed by atoms with Crippen molar-refractivity contribution >= 4 is 5.91 Å². The summed E-state index contributed by atoms with van der Waals surface area (Å²) in [6.45, 7) is 9.53. The van der Waals surface area contributed by atoms with Crippen LogP contribution in [0.2, 0.25) is 0 Å². The van der Waals surface area contributed by atoms with Gasteiger partial charge in [0, 0.05) is 49.0 Å². The van der Waals surface area contributed by atoms with E-state index in [0.717, 1.165) is 51.4 Å². The van der Waals surface area contributed by atoms with Crippen molar-refractivity contribution in [2.24, 2.45) is 5.92 Å². The first kappa shape index (κ1) is 19.8. The van der Waals surface area contributed by atoms with E-state index in [2.05, 4.69) is 38.9 Å². The fraction of sp³-hybridized carbons (Fsp3) is 0.773. The molecule has 2 saturated heterocycles. The van der Waals surface area contributed by atoms with Gasteiger partial charge in [0.25, 0.3) is 0 Å². The van der Waals surface area contributed by atoms with Gasteiger partial charge in [-0.1, -0.05) is 13.8 Å². The summed E-state index contributed by atoms with van der Waals surface area (Å²) in [5, 5.41) is 3.21. The summed E-state index contributed by atoms with van der Waals surface area (Å²) in [5.74, 6) is 1.80. The number of carbonyl (C=O) groups excluding carboxylic acids is 1. The van der Waals surface area contributed by atoms with Crippen molar-refractivity contribution in [3.05, 3.63) is 23.8 Å². The predicted molar refractivity (Wildman–Crippen MR) is 110 cm³/mol. The first-order valence-corrected chi connectivity index (χ1v) is 11.2. The Labute approximate surface area is 169 Å². The molecule has 28 heavy (non-hydrogen) atoms. The lowest BCUT2D eigenvalue weighted by molar-refractivity contribution is -0.127. The Morgan fingerprint density at radius 2 is 1.82 bits per heavy atom. The molecule has 3 heterocycles. The molecule has 0 radical (unpaired) electrons. The number of nitrogens with one attached hydrogen (secondary N) is 1. The van der Waals surface area contributed by atoms with Crippen molar-refractivity contribution in [3.63, 3.8) is 0 Å². The Kier molecular flexibility index (Phi) is 6.26. The number of carbonyl (C=O) groups is 1. The van der Waals surface area contributed by atoms with E-state index >= 15 is 0 Å². The minimum atomic E-state index is 0.198. The summed E-state index contributed by atoms with van der Waals surface area (Å²) in [7, 11) is 0. The lowest BCUT2D eigenvalue weighted by atomic mass is 9.93. The fourth-order valence-electron chi connectivity index (χ4n) is 4.54. The maximum Gasteiger partial charge on any atom is 0.224 e. The Morgan fingerprint density at radius 3 is 2.46 bits per heavy atom. The van der Waals surface area contributed by atoms with Crippen LogP contribution in [0.1, 0.15) is 69.7 Å². The Balaban J connectivity index is 1.23. The highest BCUT2D eigenvalue weighted by Crippen LogP contribution is 2.26. The zero-order valence-electron chi connectivity index (χ0n) is 17.4. The molecule has 0 bridgehead atoms. The number of aromatic nitrogens is 2. The van der Waals surface area contributed by atoms with Crippen molar-refractivity contribution in [1.29, 1.82) is 0 Å². The highest BCUT2D eigenvalue weighted by Gasteiger charge is 2.33. The molecule has 2 aliphatic heterocycles. The maximum absolute atomic E-state index is 12.4. The summed E-state index contributed by atoms with van der Waals surface area (Å²) in [6.07, 6.45) is 10.9. The predicted octanol–water partition coefficient (Wildman–Crippen LogP) is 2.56. The largest absolute Gasteiger partial charge is 0.353 e. The molecule has 6 heteroatoms. The van der Waals surface area contributed by atoms with E-state index in [9.17, 15) is 4.79 Å². The molecule has 0 spiro atoms. The van der Waals surface area contributed by atoms with E-state index < -0.39 is 0 Å². The minimum Gasteiger partial charge on any atom is -0.353 e. The fourth-order valence-corrected chi connectivity index (χ4v) is 4.54. The molecule has 154 valence electrons. The van der Waals surface area contributed by atoms with Crippen LogP contribution in [0.4, 0.5) is 0 Å². The van der Waals surface area contributed by atoms with E-state index in [0.29, 0.717) is 23.9 Å². The number of hydrogen-bond donors (Lipinski definition) is 1. The standard InChI is InChI=1S/C22H35N5O/c1-16(2)21-23-12-17(13-24-21)14-26-10-7-20(8-11-26)27-9-3-4-18(15-27)22(28)25-19-5-6-19/h12-13,16,18-20H,3-11,14-15H2,1-2H3,(H,25,28)/t18-/m0/s1. The smallest absolute Gasteiger partial charge is 0.224 e. The Hall–Kier alpha value is -1.53. The van der Waals surface area contributed by atoms with Gasteiger partial charge in [-0.25, -0.2) is 9.97 Å². The molecule has 1 aliphatic carbocycles. The zero-order valence-corrected chi connectivity index (χ0v) is 17.4. The van der Waals surface area contributed by atoms with Gasteiger partial charge < -0.3 is 5.32 Å². The van der Waals surface area contributed by atoms with E-state index in [1.807, 2.05) is 12.4 Å². The molecule has 0 unspecified atom stereocenters. The van der Waals surface area contributed by atoms with Gasteiger partial charge >= 0.3 is 0 Å². The van der Waals surface area contributed by atoms with Crippen LogP contribution in [0, 0.1) is 5.92 Å². The Bertz CT molecular complexity index is 649. The molecular weight excluding hydrogens is 350 g/mol. The second kappa shape index (κ2) is 8.87. The van der Waals surface area contributed by atoms with Crippen molar-refractivity contribution in [3.8, 4) is 0 Å². The van der Waals surface area contributed by atoms with Crippen LogP contribution in [-0.4, -0.2) is 63.9 Å². The molecule has 6 nitrogen and oxygen atoms in total. The van der Waals surface area contributed by atoms with Gasteiger partial charge in [-0.2, -0.15) is 0 Å². The van der Waals surface area contributed by atoms with Gasteiger partial charge in [0.2, 0.25) is 5.91 Å². The SMILES string of the molecule is CC(C)c1ncc(CN2CCC(N3CCC[C@H](C(=O)NC4CC4)C3)CC2)cn1. The topological polar surface area (TPSA) is 61.4 Å². The molecule has 1 aromatic rings. The summed E-state index contributed by atoms with van der Waals surface area (Å²) < 4.78 is 0. The second-order valence-corrected chi connectivity index (χ2v) is 9.23. The molecule has 4 rings (SSSR count). The van der Waals surface area contributed by atoms with Crippen molar-refractivity contribution in [1.82, 2.24) is 25.1 Å². The van der Waals surface area contributed by atoms with Crippen LogP contribution in [0.3, 0.4) is 0 Å². The van der Waals surface area contributed by atoms with Crippen LogP contribution in [0.25, 0.3) is 0 Å². The number of amides is 1. The first-order chi connectivity index (χ1) is 13.6. The average molecular weight is 386 g/mol. The number of rotatable bonds is 6. The minimum absolute atomic E-state index is 0.198. The van der Waals surface area contributed by atoms with Gasteiger partial charge in [0.05, 0.1) is 5.92 Å². The summed E-state index contributed by atoms with van der Waals surface area (Å²) >= 11 is 0. The molecule has 0 aromatic carbocycles. The molecule has 1 atom stereocenters. The molecule has 1 N–H and O–H groups in total. The van der Waals surface area contributed by atoms with E-state index in [-0.39, 0.29) is 5.92 Å². The van der Waals surface area contributed by atoms with Crippen LogP contribution < -0.4 is 5.32 Å². The van der Waals surface area contributed by atoms with Crippen molar-refractivity contribution in [2.45, 2.75) is 76.9 Å². The van der Waals surface area contributed by atoms with Crippen LogP contribution in [0.15, 0.2) is 12.4 Å². The van der Waals surface area contributed by atoms with E-state index in [1.54, 1.807) is 0 Å². The average Bonchev–Trinajstić information content (AvgIpc) is 3.53. The highest BCUT2D eigenvalue weighted by atomic mass is 16.2. The number of likely N-dealkylation sites (tertiary alicyclic amines) is 2. The van der Waals surface area contributed by atoms with Crippen molar-refractivity contribution < 1.29 is 4.79 Å².